The van der Waals surface area contributed by atoms with Crippen LogP contribution in [0.2, 0.25) is 0 Å². The lowest BCUT2D eigenvalue weighted by Gasteiger charge is -2.11. The topological polar surface area (TPSA) is 50.8 Å². The van der Waals surface area contributed by atoms with E-state index in [2.05, 4.69) is 5.32 Å². The first-order valence-corrected chi connectivity index (χ1v) is 5.50. The Morgan fingerprint density at radius 1 is 1.35 bits per heavy atom. The number of hydrogen-bond donors (Lipinski definition) is 1. The fourth-order valence-electron chi connectivity index (χ4n) is 1.54. The van der Waals surface area contributed by atoms with Crippen LogP contribution in [0.15, 0.2) is 18.2 Å². The number of nitrogens with one attached hydrogen (secondary N) is 1. The normalized spacial score (nSPS) is 12.4. The van der Waals surface area contributed by atoms with Crippen LogP contribution < -0.4 is 14.8 Å². The highest BCUT2D eigenvalue weighted by Crippen LogP contribution is 2.34. The van der Waals surface area contributed by atoms with Gasteiger partial charge in [-0.05, 0) is 12.1 Å². The summed E-state index contributed by atoms with van der Waals surface area (Å²) < 4.78 is 10.5. The third kappa shape index (κ3) is 2.81. The Hall–Kier alpha value is -1.91. The van der Waals surface area contributed by atoms with Crippen molar-refractivity contribution in [1.82, 2.24) is 4.90 Å². The zero-order valence-electron chi connectivity index (χ0n) is 10.0. The Balaban J connectivity index is 1.85. The zero-order chi connectivity index (χ0) is 12.3. The molecule has 0 saturated carbocycles. The van der Waals surface area contributed by atoms with Crippen molar-refractivity contribution in [1.29, 1.82) is 0 Å². The van der Waals surface area contributed by atoms with Gasteiger partial charge < -0.3 is 19.7 Å². The molecule has 0 radical (unpaired) electrons. The van der Waals surface area contributed by atoms with Crippen molar-refractivity contribution >= 4 is 11.6 Å². The van der Waals surface area contributed by atoms with Gasteiger partial charge in [0.15, 0.2) is 11.5 Å². The highest BCUT2D eigenvalue weighted by Gasteiger charge is 2.13. The Bertz CT molecular complexity index is 418. The number of fused-ring (bicyclic) bond motifs is 1. The number of hydrogen-bond acceptors (Lipinski definition) is 4. The van der Waals surface area contributed by atoms with Gasteiger partial charge in [0.25, 0.3) is 0 Å². The van der Waals surface area contributed by atoms with Crippen molar-refractivity contribution in [3.05, 3.63) is 18.2 Å². The van der Waals surface area contributed by atoms with Crippen molar-refractivity contribution in [2.24, 2.45) is 0 Å². The van der Waals surface area contributed by atoms with Gasteiger partial charge in [0.05, 0.1) is 0 Å². The van der Waals surface area contributed by atoms with Gasteiger partial charge in [-0.1, -0.05) is 0 Å². The Labute approximate surface area is 100 Å². The Morgan fingerprint density at radius 3 is 2.88 bits per heavy atom. The molecule has 0 fully saturated rings. The number of carbonyl (C=O) groups excluding carboxylic acids is 1. The highest BCUT2D eigenvalue weighted by atomic mass is 16.7. The summed E-state index contributed by atoms with van der Waals surface area (Å²) in [6.45, 7) is 0.883. The monoisotopic (exact) mass is 236 g/mol. The smallest absolute Gasteiger partial charge is 0.231 e. The van der Waals surface area contributed by atoms with E-state index >= 15 is 0 Å². The van der Waals surface area contributed by atoms with Crippen LogP contribution in [0.25, 0.3) is 0 Å². The van der Waals surface area contributed by atoms with Gasteiger partial charge in [-0.2, -0.15) is 0 Å². The van der Waals surface area contributed by atoms with Crippen molar-refractivity contribution in [2.45, 2.75) is 6.42 Å². The number of carbonyl (C=O) groups is 1. The predicted molar refractivity (Wildman–Crippen MR) is 64.4 cm³/mol. The van der Waals surface area contributed by atoms with E-state index in [-0.39, 0.29) is 12.7 Å². The van der Waals surface area contributed by atoms with E-state index in [4.69, 9.17) is 9.47 Å². The van der Waals surface area contributed by atoms with Gasteiger partial charge in [0, 0.05) is 38.8 Å². The molecule has 17 heavy (non-hydrogen) atoms. The van der Waals surface area contributed by atoms with Crippen LogP contribution in [0.4, 0.5) is 5.69 Å². The van der Waals surface area contributed by atoms with Crippen LogP contribution in [0.5, 0.6) is 11.5 Å². The molecular weight excluding hydrogens is 220 g/mol. The standard InChI is InChI=1S/C12H16N2O3/c1-14(2)12(15)5-6-13-9-3-4-10-11(7-9)17-8-16-10/h3-4,7,13H,5-6,8H2,1-2H3. The molecule has 1 heterocycles. The van der Waals surface area contributed by atoms with E-state index in [9.17, 15) is 4.79 Å². The lowest BCUT2D eigenvalue weighted by atomic mass is 10.2. The SMILES string of the molecule is CN(C)C(=O)CCNc1ccc2c(c1)OCO2. The molecule has 0 aromatic heterocycles. The lowest BCUT2D eigenvalue weighted by molar-refractivity contribution is -0.128. The molecule has 1 amide bonds. The maximum absolute atomic E-state index is 11.4. The largest absolute Gasteiger partial charge is 0.454 e. The molecule has 1 N–H and O–H groups in total. The molecule has 0 spiro atoms. The van der Waals surface area contributed by atoms with Crippen LogP contribution in [-0.4, -0.2) is 38.2 Å². The molecular formula is C12H16N2O3. The first-order valence-electron chi connectivity index (χ1n) is 5.50. The molecule has 5 heteroatoms. The summed E-state index contributed by atoms with van der Waals surface area (Å²) in [7, 11) is 3.51. The van der Waals surface area contributed by atoms with Crippen LogP contribution in [-0.2, 0) is 4.79 Å². The van der Waals surface area contributed by atoms with Gasteiger partial charge in [0.1, 0.15) is 0 Å². The molecule has 1 aromatic rings. The zero-order valence-corrected chi connectivity index (χ0v) is 10.0. The molecule has 1 aromatic carbocycles. The fourth-order valence-corrected chi connectivity index (χ4v) is 1.54. The second-order valence-electron chi connectivity index (χ2n) is 4.03. The Kier molecular flexibility index (Phi) is 3.37. The average Bonchev–Trinajstić information content (AvgIpc) is 2.75. The van der Waals surface area contributed by atoms with E-state index in [0.29, 0.717) is 13.0 Å². The van der Waals surface area contributed by atoms with Gasteiger partial charge in [-0.25, -0.2) is 0 Å². The number of amides is 1. The number of nitrogens with zero attached hydrogens (tertiary/aromatic N) is 1. The molecule has 0 saturated heterocycles. The first-order chi connectivity index (χ1) is 8.16. The molecule has 1 aliphatic rings. The molecule has 0 aliphatic carbocycles. The van der Waals surface area contributed by atoms with E-state index in [1.165, 1.54) is 0 Å². The van der Waals surface area contributed by atoms with Crippen molar-refractivity contribution in [3.63, 3.8) is 0 Å². The van der Waals surface area contributed by atoms with Crippen LogP contribution >= 0.6 is 0 Å². The van der Waals surface area contributed by atoms with E-state index in [1.807, 2.05) is 18.2 Å². The lowest BCUT2D eigenvalue weighted by Crippen LogP contribution is -2.23. The van der Waals surface area contributed by atoms with Crippen LogP contribution in [0.1, 0.15) is 6.42 Å². The maximum Gasteiger partial charge on any atom is 0.231 e. The molecule has 92 valence electrons. The fraction of sp³-hybridized carbons (Fsp3) is 0.417. The van der Waals surface area contributed by atoms with E-state index in [0.717, 1.165) is 17.2 Å². The third-order valence-corrected chi connectivity index (χ3v) is 2.54. The van der Waals surface area contributed by atoms with E-state index < -0.39 is 0 Å². The molecule has 0 unspecified atom stereocenters. The second kappa shape index (κ2) is 4.95. The molecule has 1 aliphatic heterocycles. The van der Waals surface area contributed by atoms with Gasteiger partial charge in [-0.15, -0.1) is 0 Å². The summed E-state index contributed by atoms with van der Waals surface area (Å²) in [5.74, 6) is 1.62. The summed E-state index contributed by atoms with van der Waals surface area (Å²) in [6, 6.07) is 5.65. The minimum absolute atomic E-state index is 0.109. The van der Waals surface area contributed by atoms with Crippen LogP contribution in [0.3, 0.4) is 0 Å². The number of benzene rings is 1. The summed E-state index contributed by atoms with van der Waals surface area (Å²) in [5.41, 5.74) is 0.931. The minimum Gasteiger partial charge on any atom is -0.454 e. The third-order valence-electron chi connectivity index (χ3n) is 2.54. The van der Waals surface area contributed by atoms with Gasteiger partial charge in [0.2, 0.25) is 12.7 Å². The summed E-state index contributed by atoms with van der Waals surface area (Å²) >= 11 is 0. The van der Waals surface area contributed by atoms with Gasteiger partial charge in [-0.3, -0.25) is 4.79 Å². The average molecular weight is 236 g/mol. The Morgan fingerprint density at radius 2 is 2.12 bits per heavy atom. The number of rotatable bonds is 4. The van der Waals surface area contributed by atoms with E-state index in [1.54, 1.807) is 19.0 Å². The van der Waals surface area contributed by atoms with Crippen molar-refractivity contribution < 1.29 is 14.3 Å². The first kappa shape index (κ1) is 11.6. The van der Waals surface area contributed by atoms with Crippen molar-refractivity contribution in [2.75, 3.05) is 32.7 Å². The van der Waals surface area contributed by atoms with Crippen molar-refractivity contribution in [3.8, 4) is 11.5 Å². The maximum atomic E-state index is 11.4. The molecule has 0 bridgehead atoms. The second-order valence-corrected chi connectivity index (χ2v) is 4.03. The minimum atomic E-state index is 0.109. The van der Waals surface area contributed by atoms with Gasteiger partial charge >= 0.3 is 0 Å². The molecule has 2 rings (SSSR count). The molecule has 0 atom stereocenters. The quantitative estimate of drug-likeness (QED) is 0.856. The van der Waals surface area contributed by atoms with Crippen LogP contribution in [0, 0.1) is 0 Å². The summed E-state index contributed by atoms with van der Waals surface area (Å²) in [5, 5.41) is 3.18. The summed E-state index contributed by atoms with van der Waals surface area (Å²) in [4.78, 5) is 12.9. The number of anilines is 1. The number of ether oxygens (including phenoxy) is 2. The summed E-state index contributed by atoms with van der Waals surface area (Å²) in [6.07, 6.45) is 0.474. The predicted octanol–water partition coefficient (Wildman–Crippen LogP) is 1.31. The molecule has 5 nitrogen and oxygen atoms in total. The highest BCUT2D eigenvalue weighted by molar-refractivity contribution is 5.76.